The van der Waals surface area contributed by atoms with Gasteiger partial charge in [-0.25, -0.2) is 4.79 Å². The van der Waals surface area contributed by atoms with Crippen LogP contribution in [0.3, 0.4) is 0 Å². The summed E-state index contributed by atoms with van der Waals surface area (Å²) in [6, 6.07) is 1.76. The summed E-state index contributed by atoms with van der Waals surface area (Å²) in [6.07, 6.45) is 4.54. The van der Waals surface area contributed by atoms with Crippen molar-refractivity contribution >= 4 is 17.8 Å². The Bertz CT molecular complexity index is 681. The van der Waals surface area contributed by atoms with Crippen LogP contribution < -0.4 is 5.32 Å². The average Bonchev–Trinajstić information content (AvgIpc) is 2.79. The molecule has 0 aliphatic carbocycles. The standard InChI is InChI=1S/C20H31N3O4/c1-4-27-20(26)17-13-15(2)23(16(17)3)14-18(24)21-10-8-12-22-11-7-5-6-9-19(22)25/h13H,4-12,14H2,1-3H3,(H,21,24). The van der Waals surface area contributed by atoms with E-state index in [0.29, 0.717) is 31.7 Å². The van der Waals surface area contributed by atoms with E-state index in [1.807, 2.05) is 23.3 Å². The summed E-state index contributed by atoms with van der Waals surface area (Å²) < 4.78 is 6.87. The molecule has 0 bridgehead atoms. The van der Waals surface area contributed by atoms with E-state index in [-0.39, 0.29) is 24.3 Å². The number of amides is 2. The van der Waals surface area contributed by atoms with Crippen LogP contribution in [-0.4, -0.2) is 53.5 Å². The molecular formula is C20H31N3O4. The van der Waals surface area contributed by atoms with Gasteiger partial charge in [0, 0.05) is 37.4 Å². The summed E-state index contributed by atoms with van der Waals surface area (Å²) >= 11 is 0. The summed E-state index contributed by atoms with van der Waals surface area (Å²) in [6.45, 7) is 7.99. The Hall–Kier alpha value is -2.31. The Morgan fingerprint density at radius 1 is 1.22 bits per heavy atom. The van der Waals surface area contributed by atoms with E-state index in [2.05, 4.69) is 5.32 Å². The number of aryl methyl sites for hydroxylation is 1. The highest BCUT2D eigenvalue weighted by Crippen LogP contribution is 2.16. The van der Waals surface area contributed by atoms with Crippen molar-refractivity contribution in [1.29, 1.82) is 0 Å². The maximum Gasteiger partial charge on any atom is 0.339 e. The van der Waals surface area contributed by atoms with Gasteiger partial charge in [-0.15, -0.1) is 0 Å². The molecule has 0 radical (unpaired) electrons. The van der Waals surface area contributed by atoms with Crippen LogP contribution in [0.5, 0.6) is 0 Å². The van der Waals surface area contributed by atoms with Gasteiger partial charge in [0.2, 0.25) is 11.8 Å². The molecular weight excluding hydrogens is 346 g/mol. The molecule has 1 aliphatic heterocycles. The number of aromatic nitrogens is 1. The quantitative estimate of drug-likeness (QED) is 0.556. The second-order valence-corrected chi connectivity index (χ2v) is 6.99. The molecule has 0 aromatic carbocycles. The van der Waals surface area contributed by atoms with Crippen molar-refractivity contribution < 1.29 is 19.1 Å². The number of ether oxygens (including phenoxy) is 1. The predicted octanol–water partition coefficient (Wildman–Crippen LogP) is 2.19. The maximum absolute atomic E-state index is 12.3. The second kappa shape index (κ2) is 10.1. The highest BCUT2D eigenvalue weighted by molar-refractivity contribution is 5.91. The van der Waals surface area contributed by atoms with Crippen LogP contribution in [0.25, 0.3) is 0 Å². The molecule has 2 rings (SSSR count). The Morgan fingerprint density at radius 3 is 2.74 bits per heavy atom. The lowest BCUT2D eigenvalue weighted by Crippen LogP contribution is -2.34. The molecule has 2 amide bonds. The lowest BCUT2D eigenvalue weighted by Gasteiger charge is -2.20. The third kappa shape index (κ3) is 5.84. The number of nitrogens with one attached hydrogen (secondary N) is 1. The van der Waals surface area contributed by atoms with Gasteiger partial charge in [0.05, 0.1) is 12.2 Å². The minimum Gasteiger partial charge on any atom is -0.462 e. The fourth-order valence-corrected chi connectivity index (χ4v) is 3.43. The summed E-state index contributed by atoms with van der Waals surface area (Å²) in [4.78, 5) is 38.1. The Balaban J connectivity index is 1.80. The second-order valence-electron chi connectivity index (χ2n) is 6.99. The first-order valence-electron chi connectivity index (χ1n) is 9.82. The molecule has 7 heteroatoms. The average molecular weight is 377 g/mol. The zero-order valence-electron chi connectivity index (χ0n) is 16.7. The molecule has 1 N–H and O–H groups in total. The minimum atomic E-state index is -0.362. The number of carbonyl (C=O) groups is 3. The zero-order valence-corrected chi connectivity index (χ0v) is 16.7. The van der Waals surface area contributed by atoms with Gasteiger partial charge in [0.25, 0.3) is 0 Å². The molecule has 0 unspecified atom stereocenters. The van der Waals surface area contributed by atoms with Crippen LogP contribution >= 0.6 is 0 Å². The molecule has 0 atom stereocenters. The fourth-order valence-electron chi connectivity index (χ4n) is 3.43. The molecule has 27 heavy (non-hydrogen) atoms. The molecule has 1 aliphatic rings. The molecule has 1 saturated heterocycles. The number of carbonyl (C=O) groups excluding carboxylic acids is 3. The monoisotopic (exact) mass is 377 g/mol. The lowest BCUT2D eigenvalue weighted by atomic mass is 10.2. The summed E-state index contributed by atoms with van der Waals surface area (Å²) in [7, 11) is 0. The molecule has 2 heterocycles. The Labute approximate surface area is 161 Å². The Morgan fingerprint density at radius 2 is 2.00 bits per heavy atom. The largest absolute Gasteiger partial charge is 0.462 e. The number of nitrogens with zero attached hydrogens (tertiary/aromatic N) is 2. The van der Waals surface area contributed by atoms with Crippen molar-refractivity contribution in [3.05, 3.63) is 23.0 Å². The normalized spacial score (nSPS) is 14.8. The van der Waals surface area contributed by atoms with Crippen LogP contribution in [0, 0.1) is 13.8 Å². The molecule has 1 aromatic heterocycles. The first-order chi connectivity index (χ1) is 12.9. The first-order valence-corrected chi connectivity index (χ1v) is 9.82. The van der Waals surface area contributed by atoms with Crippen LogP contribution in [0.2, 0.25) is 0 Å². The third-order valence-corrected chi connectivity index (χ3v) is 4.97. The first kappa shape index (κ1) is 21.0. The van der Waals surface area contributed by atoms with E-state index >= 15 is 0 Å². The summed E-state index contributed by atoms with van der Waals surface area (Å²) in [5, 5.41) is 2.91. The number of hydrogen-bond acceptors (Lipinski definition) is 4. The van der Waals surface area contributed by atoms with Crippen LogP contribution in [0.15, 0.2) is 6.07 Å². The van der Waals surface area contributed by atoms with Crippen molar-refractivity contribution in [2.24, 2.45) is 0 Å². The molecule has 0 spiro atoms. The van der Waals surface area contributed by atoms with Gasteiger partial charge in [-0.05, 0) is 46.1 Å². The van der Waals surface area contributed by atoms with Crippen molar-refractivity contribution in [3.63, 3.8) is 0 Å². The summed E-state index contributed by atoms with van der Waals surface area (Å²) in [5.41, 5.74) is 2.08. The zero-order chi connectivity index (χ0) is 19.8. The SMILES string of the molecule is CCOC(=O)c1cc(C)n(CC(=O)NCCCN2CCCCCC2=O)c1C. The van der Waals surface area contributed by atoms with Crippen LogP contribution in [0.4, 0.5) is 0 Å². The number of likely N-dealkylation sites (tertiary alicyclic amines) is 1. The van der Waals surface area contributed by atoms with Gasteiger partial charge >= 0.3 is 5.97 Å². The minimum absolute atomic E-state index is 0.102. The van der Waals surface area contributed by atoms with Crippen molar-refractivity contribution in [2.45, 2.75) is 59.4 Å². The van der Waals surface area contributed by atoms with Gasteiger partial charge in [-0.1, -0.05) is 6.42 Å². The van der Waals surface area contributed by atoms with E-state index in [0.717, 1.165) is 43.6 Å². The van der Waals surface area contributed by atoms with Gasteiger partial charge in [-0.3, -0.25) is 9.59 Å². The van der Waals surface area contributed by atoms with Gasteiger partial charge in [0.15, 0.2) is 0 Å². The summed E-state index contributed by atoms with van der Waals surface area (Å²) in [5.74, 6) is -0.238. The number of rotatable bonds is 8. The molecule has 1 fully saturated rings. The third-order valence-electron chi connectivity index (χ3n) is 4.97. The Kier molecular flexibility index (Phi) is 7.88. The molecule has 150 valence electrons. The number of hydrogen-bond donors (Lipinski definition) is 1. The molecule has 0 saturated carbocycles. The van der Waals surface area contributed by atoms with E-state index in [4.69, 9.17) is 4.74 Å². The maximum atomic E-state index is 12.3. The van der Waals surface area contributed by atoms with Crippen molar-refractivity contribution in [3.8, 4) is 0 Å². The lowest BCUT2D eigenvalue weighted by molar-refractivity contribution is -0.130. The van der Waals surface area contributed by atoms with E-state index < -0.39 is 0 Å². The topological polar surface area (TPSA) is 80.6 Å². The highest BCUT2D eigenvalue weighted by atomic mass is 16.5. The van der Waals surface area contributed by atoms with Crippen LogP contribution in [0.1, 0.15) is 60.8 Å². The number of esters is 1. The van der Waals surface area contributed by atoms with Crippen LogP contribution in [-0.2, 0) is 20.9 Å². The fraction of sp³-hybridized carbons (Fsp3) is 0.650. The van der Waals surface area contributed by atoms with E-state index in [1.54, 1.807) is 13.0 Å². The smallest absolute Gasteiger partial charge is 0.339 e. The van der Waals surface area contributed by atoms with Gasteiger partial charge < -0.3 is 19.5 Å². The van der Waals surface area contributed by atoms with Crippen molar-refractivity contribution in [2.75, 3.05) is 26.2 Å². The molecule has 7 nitrogen and oxygen atoms in total. The van der Waals surface area contributed by atoms with Crippen molar-refractivity contribution in [1.82, 2.24) is 14.8 Å². The van der Waals surface area contributed by atoms with Gasteiger partial charge in [0.1, 0.15) is 6.54 Å². The van der Waals surface area contributed by atoms with E-state index in [1.165, 1.54) is 0 Å². The van der Waals surface area contributed by atoms with E-state index in [9.17, 15) is 14.4 Å². The van der Waals surface area contributed by atoms with Gasteiger partial charge in [-0.2, -0.15) is 0 Å². The highest BCUT2D eigenvalue weighted by Gasteiger charge is 2.18. The molecule has 1 aromatic rings. The predicted molar refractivity (Wildman–Crippen MR) is 103 cm³/mol.